The molecule has 0 spiro atoms. The van der Waals surface area contributed by atoms with Crippen molar-refractivity contribution in [3.63, 3.8) is 0 Å². The van der Waals surface area contributed by atoms with Crippen molar-refractivity contribution in [2.45, 2.75) is 12.2 Å². The number of nitrogens with one attached hydrogen (secondary N) is 2. The van der Waals surface area contributed by atoms with Gasteiger partial charge >= 0.3 is 12.3 Å². The number of carboxylic acid groups (broad SMARTS) is 1. The molecule has 0 saturated carbocycles. The van der Waals surface area contributed by atoms with E-state index in [9.17, 15) is 18.0 Å². The first kappa shape index (κ1) is 11.0. The zero-order valence-corrected chi connectivity index (χ0v) is 5.72. The van der Waals surface area contributed by atoms with E-state index in [0.717, 1.165) is 0 Å². The van der Waals surface area contributed by atoms with Crippen molar-refractivity contribution < 1.29 is 28.2 Å². The van der Waals surface area contributed by atoms with Crippen molar-refractivity contribution in [3.05, 3.63) is 0 Å². The van der Waals surface area contributed by atoms with Crippen LogP contribution < -0.4 is 10.9 Å². The van der Waals surface area contributed by atoms with Gasteiger partial charge in [-0.2, -0.15) is 13.2 Å². The fourth-order valence-corrected chi connectivity index (χ4v) is 0.380. The molecule has 72 valence electrons. The van der Waals surface area contributed by atoms with Crippen molar-refractivity contribution in [1.82, 2.24) is 10.9 Å². The number of carbonyl (C=O) groups is 1. The molecular formula is C4H7F3N2O3. The average molecular weight is 188 g/mol. The minimum atomic E-state index is -4.68. The molecule has 1 amide bonds. The lowest BCUT2D eigenvalue weighted by atomic mass is 10.3. The van der Waals surface area contributed by atoms with Crippen LogP contribution in [-0.2, 0) is 0 Å². The van der Waals surface area contributed by atoms with E-state index in [0.29, 0.717) is 0 Å². The highest BCUT2D eigenvalue weighted by Crippen LogP contribution is 2.18. The van der Waals surface area contributed by atoms with E-state index < -0.39 is 24.9 Å². The second kappa shape index (κ2) is 4.12. The van der Waals surface area contributed by atoms with Crippen LogP contribution in [0.15, 0.2) is 0 Å². The predicted molar refractivity (Wildman–Crippen MR) is 31.2 cm³/mol. The van der Waals surface area contributed by atoms with Gasteiger partial charge in [0.15, 0.2) is 0 Å². The van der Waals surface area contributed by atoms with Crippen LogP contribution in [0.3, 0.4) is 0 Å². The first-order chi connectivity index (χ1) is 5.38. The third-order valence-corrected chi connectivity index (χ3v) is 0.931. The van der Waals surface area contributed by atoms with Gasteiger partial charge in [-0.25, -0.2) is 10.2 Å². The van der Waals surface area contributed by atoms with Gasteiger partial charge in [0, 0.05) is 0 Å². The van der Waals surface area contributed by atoms with Crippen LogP contribution in [0.5, 0.6) is 0 Å². The van der Waals surface area contributed by atoms with Crippen LogP contribution in [0.4, 0.5) is 18.0 Å². The molecule has 1 unspecified atom stereocenters. The lowest BCUT2D eigenvalue weighted by Crippen LogP contribution is -2.52. The van der Waals surface area contributed by atoms with Gasteiger partial charge in [-0.05, 0) is 0 Å². The number of hydrazine groups is 1. The molecule has 0 saturated heterocycles. The van der Waals surface area contributed by atoms with Crippen molar-refractivity contribution >= 4 is 6.09 Å². The Morgan fingerprint density at radius 1 is 1.50 bits per heavy atom. The quantitative estimate of drug-likeness (QED) is 0.457. The molecular weight excluding hydrogens is 181 g/mol. The van der Waals surface area contributed by atoms with Crippen molar-refractivity contribution in [2.75, 3.05) is 6.61 Å². The standard InChI is InChI=1S/C4H7F3N2O3/c5-4(6,7)2(1-10)8-9-3(11)12/h2,8-10H,1H2,(H,11,12). The molecule has 0 radical (unpaired) electrons. The number of aliphatic hydroxyl groups excluding tert-OH is 1. The summed E-state index contributed by atoms with van der Waals surface area (Å²) in [6.45, 7) is -1.23. The van der Waals surface area contributed by atoms with E-state index >= 15 is 0 Å². The summed E-state index contributed by atoms with van der Waals surface area (Å²) in [5, 5.41) is 16.1. The smallest absolute Gasteiger partial charge is 0.419 e. The minimum absolute atomic E-state index is 1.23. The third kappa shape index (κ3) is 3.98. The monoisotopic (exact) mass is 188 g/mol. The summed E-state index contributed by atoms with van der Waals surface area (Å²) < 4.78 is 35.1. The van der Waals surface area contributed by atoms with E-state index in [1.54, 1.807) is 0 Å². The molecule has 0 heterocycles. The Morgan fingerprint density at radius 3 is 2.25 bits per heavy atom. The zero-order valence-electron chi connectivity index (χ0n) is 5.72. The topological polar surface area (TPSA) is 81.6 Å². The molecule has 1 atom stereocenters. The Kier molecular flexibility index (Phi) is 3.77. The Hall–Kier alpha value is -1.02. The molecule has 0 aliphatic carbocycles. The number of halogens is 3. The van der Waals surface area contributed by atoms with Gasteiger partial charge in [0.1, 0.15) is 6.04 Å². The normalized spacial score (nSPS) is 14.0. The molecule has 8 heteroatoms. The van der Waals surface area contributed by atoms with Gasteiger partial charge in [-0.15, -0.1) is 0 Å². The molecule has 0 aromatic rings. The SMILES string of the molecule is O=C(O)NNC(CO)C(F)(F)F. The third-order valence-electron chi connectivity index (χ3n) is 0.931. The molecule has 4 N–H and O–H groups in total. The van der Waals surface area contributed by atoms with Crippen LogP contribution in [0, 0.1) is 0 Å². The Bertz CT molecular complexity index is 160. The Morgan fingerprint density at radius 2 is 2.00 bits per heavy atom. The molecule has 0 bridgehead atoms. The first-order valence-corrected chi connectivity index (χ1v) is 2.80. The van der Waals surface area contributed by atoms with E-state index in [-0.39, 0.29) is 0 Å². The van der Waals surface area contributed by atoms with Gasteiger partial charge in [0.25, 0.3) is 0 Å². The minimum Gasteiger partial charge on any atom is -0.464 e. The summed E-state index contributed by atoms with van der Waals surface area (Å²) in [6, 6.07) is -2.28. The predicted octanol–water partition coefficient (Wildman–Crippen LogP) is -0.318. The fourth-order valence-electron chi connectivity index (χ4n) is 0.380. The summed E-state index contributed by atoms with van der Waals surface area (Å²) in [6.07, 6.45) is -6.34. The number of alkyl halides is 3. The number of hydrogen-bond acceptors (Lipinski definition) is 3. The summed E-state index contributed by atoms with van der Waals surface area (Å²) in [5.74, 6) is 0. The van der Waals surface area contributed by atoms with Crippen LogP contribution >= 0.6 is 0 Å². The van der Waals surface area contributed by atoms with Gasteiger partial charge in [0.05, 0.1) is 6.61 Å². The maximum Gasteiger partial charge on any atom is 0.419 e. The van der Waals surface area contributed by atoms with Gasteiger partial charge in [-0.1, -0.05) is 0 Å². The number of aliphatic hydroxyl groups is 1. The van der Waals surface area contributed by atoms with Gasteiger partial charge in [0.2, 0.25) is 0 Å². The van der Waals surface area contributed by atoms with Crippen molar-refractivity contribution in [1.29, 1.82) is 0 Å². The molecule has 12 heavy (non-hydrogen) atoms. The second-order valence-electron chi connectivity index (χ2n) is 1.85. The summed E-state index contributed by atoms with van der Waals surface area (Å²) in [4.78, 5) is 9.72. The molecule has 0 rings (SSSR count). The summed E-state index contributed by atoms with van der Waals surface area (Å²) in [7, 11) is 0. The molecule has 5 nitrogen and oxygen atoms in total. The van der Waals surface area contributed by atoms with Crippen LogP contribution in [0.2, 0.25) is 0 Å². The first-order valence-electron chi connectivity index (χ1n) is 2.80. The molecule has 0 fully saturated rings. The number of amides is 1. The number of hydrogen-bond donors (Lipinski definition) is 4. The highest BCUT2D eigenvalue weighted by atomic mass is 19.4. The van der Waals surface area contributed by atoms with Gasteiger partial charge in [-0.3, -0.25) is 5.43 Å². The van der Waals surface area contributed by atoms with Gasteiger partial charge < -0.3 is 10.2 Å². The molecule has 0 aromatic heterocycles. The molecule has 0 aliphatic heterocycles. The van der Waals surface area contributed by atoms with E-state index in [2.05, 4.69) is 0 Å². The van der Waals surface area contributed by atoms with Crippen molar-refractivity contribution in [3.8, 4) is 0 Å². The van der Waals surface area contributed by atoms with Crippen molar-refractivity contribution in [2.24, 2.45) is 0 Å². The van der Waals surface area contributed by atoms with Crippen LogP contribution in [0.25, 0.3) is 0 Å². The maximum absolute atomic E-state index is 11.7. The van der Waals surface area contributed by atoms with Crippen LogP contribution in [-0.4, -0.2) is 35.1 Å². The van der Waals surface area contributed by atoms with E-state index in [1.165, 1.54) is 10.9 Å². The van der Waals surface area contributed by atoms with E-state index in [1.807, 2.05) is 0 Å². The zero-order chi connectivity index (χ0) is 9.78. The second-order valence-corrected chi connectivity index (χ2v) is 1.85. The maximum atomic E-state index is 11.7. The average Bonchev–Trinajstić information content (AvgIpc) is 1.85. The Balaban J connectivity index is 3.92. The highest BCUT2D eigenvalue weighted by Gasteiger charge is 2.39. The Labute approximate surface area is 65.2 Å². The van der Waals surface area contributed by atoms with Crippen LogP contribution in [0.1, 0.15) is 0 Å². The number of rotatable bonds is 3. The molecule has 0 aliphatic rings. The largest absolute Gasteiger partial charge is 0.464 e. The van der Waals surface area contributed by atoms with E-state index in [4.69, 9.17) is 10.2 Å². The fraction of sp³-hybridized carbons (Fsp3) is 0.750. The highest BCUT2D eigenvalue weighted by molar-refractivity contribution is 5.63. The lowest BCUT2D eigenvalue weighted by Gasteiger charge is -2.18. The molecule has 0 aromatic carbocycles. The summed E-state index contributed by atoms with van der Waals surface area (Å²) >= 11 is 0. The summed E-state index contributed by atoms with van der Waals surface area (Å²) in [5.41, 5.74) is 2.67. The lowest BCUT2D eigenvalue weighted by molar-refractivity contribution is -0.165.